The molecule has 0 bridgehead atoms. The van der Waals surface area contributed by atoms with E-state index in [1.165, 1.54) is 7.11 Å². The van der Waals surface area contributed by atoms with Crippen molar-refractivity contribution in [1.29, 1.82) is 0 Å². The highest BCUT2D eigenvalue weighted by molar-refractivity contribution is 6.05. The lowest BCUT2D eigenvalue weighted by Gasteiger charge is -2.04. The first kappa shape index (κ1) is 13.6. The maximum absolute atomic E-state index is 12.2. The SMILES string of the molecule is CC[C@@H]1C[C@H]1NC(=O)c1ccc2[nH]nc(C(=O)OC)c2c1. The second kappa shape index (κ2) is 5.20. The van der Waals surface area contributed by atoms with Crippen LogP contribution in [0.2, 0.25) is 0 Å². The third kappa shape index (κ3) is 2.49. The quantitative estimate of drug-likeness (QED) is 0.841. The van der Waals surface area contributed by atoms with Crippen molar-refractivity contribution in [2.75, 3.05) is 7.11 Å². The monoisotopic (exact) mass is 287 g/mol. The highest BCUT2D eigenvalue weighted by atomic mass is 16.5. The molecule has 1 aromatic carbocycles. The van der Waals surface area contributed by atoms with Gasteiger partial charge in [0.15, 0.2) is 5.69 Å². The zero-order valence-corrected chi connectivity index (χ0v) is 12.0. The number of rotatable bonds is 4. The number of ether oxygens (including phenoxy) is 1. The number of carbonyl (C=O) groups excluding carboxylic acids is 2. The summed E-state index contributed by atoms with van der Waals surface area (Å²) in [6.07, 6.45) is 2.13. The summed E-state index contributed by atoms with van der Waals surface area (Å²) >= 11 is 0. The molecule has 2 N–H and O–H groups in total. The highest BCUT2D eigenvalue weighted by Crippen LogP contribution is 2.33. The van der Waals surface area contributed by atoms with Gasteiger partial charge in [-0.25, -0.2) is 4.79 Å². The van der Waals surface area contributed by atoms with E-state index in [4.69, 9.17) is 0 Å². The molecule has 0 aliphatic heterocycles. The van der Waals surface area contributed by atoms with Gasteiger partial charge in [-0.1, -0.05) is 13.3 Å². The van der Waals surface area contributed by atoms with Crippen LogP contribution in [0, 0.1) is 5.92 Å². The van der Waals surface area contributed by atoms with Crippen molar-refractivity contribution in [3.8, 4) is 0 Å². The molecule has 1 saturated carbocycles. The lowest BCUT2D eigenvalue weighted by atomic mass is 10.1. The van der Waals surface area contributed by atoms with E-state index in [9.17, 15) is 9.59 Å². The van der Waals surface area contributed by atoms with Crippen molar-refractivity contribution < 1.29 is 14.3 Å². The molecule has 1 aliphatic rings. The Morgan fingerprint density at radius 3 is 2.95 bits per heavy atom. The maximum atomic E-state index is 12.2. The van der Waals surface area contributed by atoms with E-state index in [1.54, 1.807) is 18.2 Å². The number of nitrogens with one attached hydrogen (secondary N) is 2. The molecule has 110 valence electrons. The van der Waals surface area contributed by atoms with Gasteiger partial charge >= 0.3 is 5.97 Å². The fourth-order valence-corrected chi connectivity index (χ4v) is 2.53. The Morgan fingerprint density at radius 1 is 1.48 bits per heavy atom. The number of hydrogen-bond donors (Lipinski definition) is 2. The molecule has 0 unspecified atom stereocenters. The molecule has 0 radical (unpaired) electrons. The summed E-state index contributed by atoms with van der Waals surface area (Å²) in [6.45, 7) is 2.12. The molecule has 1 fully saturated rings. The maximum Gasteiger partial charge on any atom is 0.359 e. The zero-order valence-electron chi connectivity index (χ0n) is 12.0. The van der Waals surface area contributed by atoms with Crippen molar-refractivity contribution in [3.63, 3.8) is 0 Å². The first-order valence-corrected chi connectivity index (χ1v) is 7.01. The predicted octanol–water partition coefficient (Wildman–Crippen LogP) is 1.88. The van der Waals surface area contributed by atoms with Crippen molar-refractivity contribution in [2.45, 2.75) is 25.8 Å². The van der Waals surface area contributed by atoms with E-state index >= 15 is 0 Å². The Kier molecular flexibility index (Phi) is 3.37. The second-order valence-electron chi connectivity index (χ2n) is 5.31. The van der Waals surface area contributed by atoms with E-state index in [-0.39, 0.29) is 17.6 Å². The number of methoxy groups -OCH3 is 1. The highest BCUT2D eigenvalue weighted by Gasteiger charge is 2.36. The number of aromatic nitrogens is 2. The summed E-state index contributed by atoms with van der Waals surface area (Å²) in [5.74, 6) is -0.0425. The summed E-state index contributed by atoms with van der Waals surface area (Å²) < 4.78 is 4.68. The molecule has 3 rings (SSSR count). The number of nitrogens with zero attached hydrogens (tertiary/aromatic N) is 1. The van der Waals surface area contributed by atoms with Gasteiger partial charge in [0.1, 0.15) is 0 Å². The summed E-state index contributed by atoms with van der Waals surface area (Å²) in [6, 6.07) is 5.42. The molecule has 6 heteroatoms. The summed E-state index contributed by atoms with van der Waals surface area (Å²) in [5, 5.41) is 10.3. The smallest absolute Gasteiger partial charge is 0.359 e. The first-order chi connectivity index (χ1) is 10.1. The van der Waals surface area contributed by atoms with E-state index < -0.39 is 5.97 Å². The molecule has 2 atom stereocenters. The van der Waals surface area contributed by atoms with Crippen molar-refractivity contribution in [2.24, 2.45) is 5.92 Å². The van der Waals surface area contributed by atoms with Gasteiger partial charge in [-0.2, -0.15) is 5.10 Å². The van der Waals surface area contributed by atoms with Gasteiger partial charge in [0, 0.05) is 17.0 Å². The number of hydrogen-bond acceptors (Lipinski definition) is 4. The minimum atomic E-state index is -0.521. The molecule has 1 aromatic heterocycles. The average molecular weight is 287 g/mol. The molecule has 1 aliphatic carbocycles. The van der Waals surface area contributed by atoms with E-state index in [0.29, 0.717) is 22.4 Å². The van der Waals surface area contributed by atoms with Crippen LogP contribution in [0.25, 0.3) is 10.9 Å². The average Bonchev–Trinajstić information content (AvgIpc) is 3.12. The van der Waals surface area contributed by atoms with Gasteiger partial charge in [-0.3, -0.25) is 9.89 Å². The van der Waals surface area contributed by atoms with Crippen LogP contribution in [0.5, 0.6) is 0 Å². The summed E-state index contributed by atoms with van der Waals surface area (Å²) in [7, 11) is 1.30. The molecule has 0 saturated heterocycles. The number of esters is 1. The predicted molar refractivity (Wildman–Crippen MR) is 77.1 cm³/mol. The minimum Gasteiger partial charge on any atom is -0.464 e. The van der Waals surface area contributed by atoms with E-state index in [2.05, 4.69) is 27.2 Å². The molecular weight excluding hydrogens is 270 g/mol. The molecule has 1 heterocycles. The third-order valence-corrected chi connectivity index (χ3v) is 3.97. The Hall–Kier alpha value is -2.37. The fraction of sp³-hybridized carbons (Fsp3) is 0.400. The molecular formula is C15H17N3O3. The summed E-state index contributed by atoms with van der Waals surface area (Å²) in [5.41, 5.74) is 1.42. The molecule has 1 amide bonds. The molecule has 21 heavy (non-hydrogen) atoms. The van der Waals surface area contributed by atoms with E-state index in [0.717, 1.165) is 12.8 Å². The van der Waals surface area contributed by atoms with Crippen LogP contribution in [0.4, 0.5) is 0 Å². The molecule has 6 nitrogen and oxygen atoms in total. The first-order valence-electron chi connectivity index (χ1n) is 7.01. The Bertz CT molecular complexity index is 707. The van der Waals surface area contributed by atoms with Gasteiger partial charge in [0.2, 0.25) is 0 Å². The number of amides is 1. The van der Waals surface area contributed by atoms with Gasteiger partial charge in [-0.05, 0) is 30.5 Å². The molecule has 0 spiro atoms. The summed E-state index contributed by atoms with van der Waals surface area (Å²) in [4.78, 5) is 23.8. The number of H-pyrrole nitrogens is 1. The fourth-order valence-electron chi connectivity index (χ4n) is 2.53. The van der Waals surface area contributed by atoms with Gasteiger partial charge < -0.3 is 10.1 Å². The van der Waals surface area contributed by atoms with Crippen molar-refractivity contribution in [1.82, 2.24) is 15.5 Å². The van der Waals surface area contributed by atoms with Crippen LogP contribution >= 0.6 is 0 Å². The van der Waals surface area contributed by atoms with Crippen LogP contribution in [0.3, 0.4) is 0 Å². The van der Waals surface area contributed by atoms with Crippen LogP contribution in [0.1, 0.15) is 40.6 Å². The standard InChI is InChI=1S/C15H17N3O3/c1-3-8-7-12(8)16-14(19)9-4-5-11-10(6-9)13(18-17-11)15(20)21-2/h4-6,8,12H,3,7H2,1-2H3,(H,16,19)(H,17,18)/t8-,12-/m1/s1. The van der Waals surface area contributed by atoms with Crippen molar-refractivity contribution in [3.05, 3.63) is 29.5 Å². The third-order valence-electron chi connectivity index (χ3n) is 3.97. The van der Waals surface area contributed by atoms with Gasteiger partial charge in [0.05, 0.1) is 12.6 Å². The lowest BCUT2D eigenvalue weighted by Crippen LogP contribution is -2.26. The minimum absolute atomic E-state index is 0.116. The van der Waals surface area contributed by atoms with Crippen LogP contribution in [-0.4, -0.2) is 35.2 Å². The largest absolute Gasteiger partial charge is 0.464 e. The number of fused-ring (bicyclic) bond motifs is 1. The Morgan fingerprint density at radius 2 is 2.29 bits per heavy atom. The van der Waals surface area contributed by atoms with E-state index in [1.807, 2.05) is 0 Å². The molecule has 2 aromatic rings. The number of benzene rings is 1. The van der Waals surface area contributed by atoms with Gasteiger partial charge in [-0.15, -0.1) is 0 Å². The van der Waals surface area contributed by atoms with Crippen LogP contribution in [0.15, 0.2) is 18.2 Å². The van der Waals surface area contributed by atoms with Gasteiger partial charge in [0.25, 0.3) is 5.91 Å². The zero-order chi connectivity index (χ0) is 15.0. The topological polar surface area (TPSA) is 84.1 Å². The Labute approximate surface area is 121 Å². The van der Waals surface area contributed by atoms with Crippen LogP contribution in [-0.2, 0) is 4.74 Å². The van der Waals surface area contributed by atoms with Crippen LogP contribution < -0.4 is 5.32 Å². The normalized spacial score (nSPS) is 20.3. The lowest BCUT2D eigenvalue weighted by molar-refractivity contribution is 0.0596. The van der Waals surface area contributed by atoms with Crippen molar-refractivity contribution >= 4 is 22.8 Å². The Balaban J connectivity index is 1.86. The number of carbonyl (C=O) groups is 2. The second-order valence-corrected chi connectivity index (χ2v) is 5.31. The number of aromatic amines is 1.